The summed E-state index contributed by atoms with van der Waals surface area (Å²) in [6.07, 6.45) is 4.18. The van der Waals surface area contributed by atoms with Gasteiger partial charge in [-0.05, 0) is 42.3 Å². The SMILES string of the molecule is COc1ccc(NC(=O)Cc2ccccc2C)cc1OCc1cn2ccccc2n1. The Kier molecular flexibility index (Phi) is 5.66. The number of pyridine rings is 1. The predicted octanol–water partition coefficient (Wildman–Crippen LogP) is 4.41. The minimum absolute atomic E-state index is 0.0826. The van der Waals surface area contributed by atoms with Crippen LogP contribution in [0.5, 0.6) is 11.5 Å². The summed E-state index contributed by atoms with van der Waals surface area (Å²) >= 11 is 0. The van der Waals surface area contributed by atoms with Crippen LogP contribution in [0, 0.1) is 6.92 Å². The molecule has 2 heterocycles. The molecule has 1 amide bonds. The Morgan fingerprint density at radius 1 is 1.07 bits per heavy atom. The summed E-state index contributed by atoms with van der Waals surface area (Å²) in [5, 5.41) is 2.93. The van der Waals surface area contributed by atoms with Gasteiger partial charge in [0, 0.05) is 24.1 Å². The minimum Gasteiger partial charge on any atom is -0.493 e. The van der Waals surface area contributed by atoms with Crippen LogP contribution in [0.25, 0.3) is 5.65 Å². The monoisotopic (exact) mass is 401 g/mol. The van der Waals surface area contributed by atoms with E-state index in [0.717, 1.165) is 22.5 Å². The Labute approximate surface area is 175 Å². The molecule has 0 saturated heterocycles. The summed E-state index contributed by atoms with van der Waals surface area (Å²) < 4.78 is 13.3. The number of carbonyl (C=O) groups is 1. The summed E-state index contributed by atoms with van der Waals surface area (Å²) in [5.41, 5.74) is 4.42. The minimum atomic E-state index is -0.0826. The summed E-state index contributed by atoms with van der Waals surface area (Å²) in [6.45, 7) is 2.29. The lowest BCUT2D eigenvalue weighted by molar-refractivity contribution is -0.115. The molecule has 0 fully saturated rings. The van der Waals surface area contributed by atoms with Gasteiger partial charge in [-0.1, -0.05) is 30.3 Å². The lowest BCUT2D eigenvalue weighted by Crippen LogP contribution is -2.15. The second-order valence-electron chi connectivity index (χ2n) is 7.00. The number of fused-ring (bicyclic) bond motifs is 1. The van der Waals surface area contributed by atoms with Gasteiger partial charge in [0.1, 0.15) is 12.3 Å². The summed E-state index contributed by atoms with van der Waals surface area (Å²) in [5.74, 6) is 1.06. The highest BCUT2D eigenvalue weighted by Gasteiger charge is 2.11. The Bertz CT molecular complexity index is 1150. The van der Waals surface area contributed by atoms with Crippen molar-refractivity contribution in [2.24, 2.45) is 0 Å². The molecular formula is C24H23N3O3. The van der Waals surface area contributed by atoms with E-state index in [1.54, 1.807) is 25.3 Å². The number of hydrogen-bond donors (Lipinski definition) is 1. The van der Waals surface area contributed by atoms with Crippen molar-refractivity contribution in [3.05, 3.63) is 89.9 Å². The van der Waals surface area contributed by atoms with Crippen LogP contribution in [0.2, 0.25) is 0 Å². The number of carbonyl (C=O) groups excluding carboxylic acids is 1. The fourth-order valence-electron chi connectivity index (χ4n) is 3.26. The first kappa shape index (κ1) is 19.5. The Balaban J connectivity index is 1.46. The first-order chi connectivity index (χ1) is 14.6. The molecular weight excluding hydrogens is 378 g/mol. The largest absolute Gasteiger partial charge is 0.493 e. The zero-order valence-electron chi connectivity index (χ0n) is 17.0. The molecule has 4 rings (SSSR count). The maximum atomic E-state index is 12.5. The number of ether oxygens (including phenoxy) is 2. The number of hydrogen-bond acceptors (Lipinski definition) is 4. The second-order valence-corrected chi connectivity index (χ2v) is 7.00. The van der Waals surface area contributed by atoms with Gasteiger partial charge in [-0.15, -0.1) is 0 Å². The van der Waals surface area contributed by atoms with Gasteiger partial charge in [-0.25, -0.2) is 4.98 Å². The number of rotatable bonds is 7. The van der Waals surface area contributed by atoms with Crippen LogP contribution in [-0.2, 0) is 17.8 Å². The molecule has 6 nitrogen and oxygen atoms in total. The van der Waals surface area contributed by atoms with Gasteiger partial charge < -0.3 is 19.2 Å². The molecule has 0 aliphatic heterocycles. The summed E-state index contributed by atoms with van der Waals surface area (Å²) in [4.78, 5) is 17.0. The van der Waals surface area contributed by atoms with E-state index in [1.807, 2.05) is 66.2 Å². The van der Waals surface area contributed by atoms with Crippen LogP contribution in [0.15, 0.2) is 73.1 Å². The maximum absolute atomic E-state index is 12.5. The van der Waals surface area contributed by atoms with Crippen molar-refractivity contribution >= 4 is 17.2 Å². The molecule has 1 N–H and O–H groups in total. The smallest absolute Gasteiger partial charge is 0.228 e. The van der Waals surface area contributed by atoms with Crippen molar-refractivity contribution in [1.82, 2.24) is 9.38 Å². The number of nitrogens with zero attached hydrogens (tertiary/aromatic N) is 2. The van der Waals surface area contributed by atoms with E-state index in [0.29, 0.717) is 30.2 Å². The van der Waals surface area contributed by atoms with Crippen molar-refractivity contribution < 1.29 is 14.3 Å². The standard InChI is InChI=1S/C24H23N3O3/c1-17-7-3-4-8-18(17)13-24(28)26-19-10-11-21(29-2)22(14-19)30-16-20-15-27-12-6-5-9-23(27)25-20/h3-12,14-15H,13,16H2,1-2H3,(H,26,28). The lowest BCUT2D eigenvalue weighted by Gasteiger charge is -2.13. The molecule has 0 radical (unpaired) electrons. The molecule has 2 aromatic heterocycles. The molecule has 0 atom stereocenters. The molecule has 2 aromatic carbocycles. The van der Waals surface area contributed by atoms with Crippen molar-refractivity contribution in [1.29, 1.82) is 0 Å². The molecule has 0 spiro atoms. The molecule has 0 unspecified atom stereocenters. The molecule has 0 aliphatic rings. The highest BCUT2D eigenvalue weighted by atomic mass is 16.5. The van der Waals surface area contributed by atoms with Crippen LogP contribution >= 0.6 is 0 Å². The van der Waals surface area contributed by atoms with Crippen LogP contribution < -0.4 is 14.8 Å². The maximum Gasteiger partial charge on any atom is 0.228 e. The Morgan fingerprint density at radius 2 is 1.90 bits per heavy atom. The zero-order valence-corrected chi connectivity index (χ0v) is 17.0. The van der Waals surface area contributed by atoms with Crippen LogP contribution in [0.1, 0.15) is 16.8 Å². The first-order valence-electron chi connectivity index (χ1n) is 9.70. The number of benzene rings is 2. The van der Waals surface area contributed by atoms with E-state index in [4.69, 9.17) is 9.47 Å². The van der Waals surface area contributed by atoms with Crippen LogP contribution in [0.4, 0.5) is 5.69 Å². The zero-order chi connectivity index (χ0) is 20.9. The van der Waals surface area contributed by atoms with E-state index in [1.165, 1.54) is 0 Å². The lowest BCUT2D eigenvalue weighted by atomic mass is 10.1. The average molecular weight is 401 g/mol. The molecule has 4 aromatic rings. The van der Waals surface area contributed by atoms with Crippen LogP contribution in [-0.4, -0.2) is 22.4 Å². The van der Waals surface area contributed by atoms with Gasteiger partial charge in [0.05, 0.1) is 19.2 Å². The second kappa shape index (κ2) is 8.69. The number of aryl methyl sites for hydroxylation is 1. The van der Waals surface area contributed by atoms with Crippen molar-refractivity contribution in [3.63, 3.8) is 0 Å². The quantitative estimate of drug-likeness (QED) is 0.498. The number of amides is 1. The topological polar surface area (TPSA) is 64.9 Å². The van der Waals surface area contributed by atoms with Crippen molar-refractivity contribution in [2.75, 3.05) is 12.4 Å². The average Bonchev–Trinajstić information content (AvgIpc) is 3.17. The highest BCUT2D eigenvalue weighted by Crippen LogP contribution is 2.31. The number of anilines is 1. The summed E-state index contributed by atoms with van der Waals surface area (Å²) in [7, 11) is 1.59. The third kappa shape index (κ3) is 4.43. The highest BCUT2D eigenvalue weighted by molar-refractivity contribution is 5.92. The fraction of sp³-hybridized carbons (Fsp3) is 0.167. The normalized spacial score (nSPS) is 10.7. The van der Waals surface area contributed by atoms with Crippen LogP contribution in [0.3, 0.4) is 0 Å². The fourth-order valence-corrected chi connectivity index (χ4v) is 3.26. The molecule has 30 heavy (non-hydrogen) atoms. The number of nitrogens with one attached hydrogen (secondary N) is 1. The Morgan fingerprint density at radius 3 is 2.70 bits per heavy atom. The van der Waals surface area contributed by atoms with Gasteiger partial charge in [-0.3, -0.25) is 4.79 Å². The van der Waals surface area contributed by atoms with E-state index in [2.05, 4.69) is 10.3 Å². The van der Waals surface area contributed by atoms with Gasteiger partial charge >= 0.3 is 0 Å². The third-order valence-electron chi connectivity index (χ3n) is 4.85. The molecule has 6 heteroatoms. The van der Waals surface area contributed by atoms with E-state index >= 15 is 0 Å². The van der Waals surface area contributed by atoms with E-state index in [9.17, 15) is 4.79 Å². The predicted molar refractivity (Wildman–Crippen MR) is 116 cm³/mol. The first-order valence-corrected chi connectivity index (χ1v) is 9.70. The number of methoxy groups -OCH3 is 1. The third-order valence-corrected chi connectivity index (χ3v) is 4.85. The molecule has 0 saturated carbocycles. The van der Waals surface area contributed by atoms with Gasteiger partial charge in [0.25, 0.3) is 0 Å². The van der Waals surface area contributed by atoms with E-state index in [-0.39, 0.29) is 5.91 Å². The Hall–Kier alpha value is -3.80. The molecule has 152 valence electrons. The van der Waals surface area contributed by atoms with Gasteiger partial charge in [0.2, 0.25) is 5.91 Å². The molecule has 0 aliphatic carbocycles. The summed E-state index contributed by atoms with van der Waals surface area (Å²) in [6, 6.07) is 19.0. The van der Waals surface area contributed by atoms with Crippen molar-refractivity contribution in [2.45, 2.75) is 20.0 Å². The molecule has 0 bridgehead atoms. The van der Waals surface area contributed by atoms with Gasteiger partial charge in [-0.2, -0.15) is 0 Å². The van der Waals surface area contributed by atoms with Crippen molar-refractivity contribution in [3.8, 4) is 11.5 Å². The van der Waals surface area contributed by atoms with Gasteiger partial charge in [0.15, 0.2) is 11.5 Å². The number of aromatic nitrogens is 2. The van der Waals surface area contributed by atoms with E-state index < -0.39 is 0 Å². The number of imidazole rings is 1.